The average Bonchev–Trinajstić information content (AvgIpc) is 3.37. The lowest BCUT2D eigenvalue weighted by Gasteiger charge is -2.18. The van der Waals surface area contributed by atoms with Crippen LogP contribution in [0, 0.1) is 0 Å². The Kier molecular flexibility index (Phi) is 56.8. The molecule has 6 heteroatoms. The predicted molar refractivity (Wildman–Crippen MR) is 307 cm³/mol. The van der Waals surface area contributed by atoms with Crippen LogP contribution in [0.25, 0.3) is 0 Å². The molecule has 0 saturated carbocycles. The molecular formula is C65H114O6. The van der Waals surface area contributed by atoms with Gasteiger partial charge in [0.05, 0.1) is 0 Å². The van der Waals surface area contributed by atoms with Crippen LogP contribution in [0.1, 0.15) is 303 Å². The highest BCUT2D eigenvalue weighted by Gasteiger charge is 2.19. The number of carbonyl (C=O) groups is 3. The molecule has 0 N–H and O–H groups in total. The van der Waals surface area contributed by atoms with E-state index < -0.39 is 6.10 Å². The third-order valence-electron chi connectivity index (χ3n) is 13.2. The van der Waals surface area contributed by atoms with Gasteiger partial charge in [-0.2, -0.15) is 0 Å². The molecular weight excluding hydrogens is 877 g/mol. The molecule has 6 nitrogen and oxygen atoms in total. The van der Waals surface area contributed by atoms with Crippen molar-refractivity contribution in [1.29, 1.82) is 0 Å². The third kappa shape index (κ3) is 57.6. The first-order valence-corrected chi connectivity index (χ1v) is 30.4. The van der Waals surface area contributed by atoms with E-state index in [1.54, 1.807) is 0 Å². The van der Waals surface area contributed by atoms with Crippen molar-refractivity contribution in [2.45, 2.75) is 309 Å². The summed E-state index contributed by atoms with van der Waals surface area (Å²) >= 11 is 0. The molecule has 0 aliphatic rings. The Morgan fingerprint density at radius 2 is 0.507 bits per heavy atom. The molecule has 0 spiro atoms. The topological polar surface area (TPSA) is 78.9 Å². The first-order chi connectivity index (χ1) is 35.0. The van der Waals surface area contributed by atoms with Crippen LogP contribution in [0.15, 0.2) is 72.9 Å². The summed E-state index contributed by atoms with van der Waals surface area (Å²) in [5.41, 5.74) is 0. The van der Waals surface area contributed by atoms with Gasteiger partial charge in [-0.05, 0) is 116 Å². The van der Waals surface area contributed by atoms with E-state index in [0.29, 0.717) is 19.3 Å². The Morgan fingerprint density at radius 1 is 0.282 bits per heavy atom. The Balaban J connectivity index is 4.44. The van der Waals surface area contributed by atoms with E-state index >= 15 is 0 Å². The molecule has 0 aliphatic carbocycles. The highest BCUT2D eigenvalue weighted by Crippen LogP contribution is 2.15. The van der Waals surface area contributed by atoms with Crippen LogP contribution in [-0.4, -0.2) is 37.2 Å². The van der Waals surface area contributed by atoms with Crippen LogP contribution in [0.3, 0.4) is 0 Å². The molecule has 0 fully saturated rings. The zero-order chi connectivity index (χ0) is 51.4. The van der Waals surface area contributed by atoms with Crippen molar-refractivity contribution >= 4 is 17.9 Å². The summed E-state index contributed by atoms with van der Waals surface area (Å²) in [6, 6.07) is 0. The maximum atomic E-state index is 12.9. The number of hydrogen-bond acceptors (Lipinski definition) is 6. The van der Waals surface area contributed by atoms with E-state index in [1.165, 1.54) is 180 Å². The number of carbonyl (C=O) groups excluding carboxylic acids is 3. The Labute approximate surface area is 440 Å². The van der Waals surface area contributed by atoms with Gasteiger partial charge < -0.3 is 14.2 Å². The van der Waals surface area contributed by atoms with Crippen molar-refractivity contribution in [3.8, 4) is 0 Å². The molecule has 0 unspecified atom stereocenters. The number of ether oxygens (including phenoxy) is 3. The lowest BCUT2D eigenvalue weighted by Crippen LogP contribution is -2.30. The number of rotatable bonds is 55. The maximum Gasteiger partial charge on any atom is 0.306 e. The zero-order valence-electron chi connectivity index (χ0n) is 47.0. The molecule has 0 heterocycles. The smallest absolute Gasteiger partial charge is 0.306 e. The lowest BCUT2D eigenvalue weighted by molar-refractivity contribution is -0.167. The van der Waals surface area contributed by atoms with Crippen LogP contribution in [0.2, 0.25) is 0 Å². The van der Waals surface area contributed by atoms with Crippen molar-refractivity contribution in [2.24, 2.45) is 0 Å². The molecule has 0 aromatic rings. The minimum atomic E-state index is -0.793. The standard InChI is InChI=1S/C65H114O6/c1-4-7-10-13-16-19-22-25-28-31-32-35-37-40-43-46-49-52-55-58-64(67)70-61-62(71-65(68)59-56-53-50-47-44-41-38-34-30-27-24-21-18-15-12-9-6-3)60-69-63(66)57-54-51-48-45-42-39-36-33-29-26-23-20-17-14-11-8-5-2/h16,19,25-30,32,35,40,43,62H,4-15,17-18,20-24,31,33-34,36-39,41-42,44-61H2,1-3H3/b19-16-,28-25-,29-26-,30-27-,35-32-,43-40-/t62-/m0/s1. The van der Waals surface area contributed by atoms with Gasteiger partial charge >= 0.3 is 17.9 Å². The van der Waals surface area contributed by atoms with Crippen LogP contribution in [-0.2, 0) is 28.6 Å². The summed E-state index contributed by atoms with van der Waals surface area (Å²) in [6.45, 7) is 6.60. The number of unbranched alkanes of at least 4 members (excludes halogenated alkanes) is 32. The highest BCUT2D eigenvalue weighted by molar-refractivity contribution is 5.71. The Hall–Kier alpha value is -3.15. The molecule has 0 radical (unpaired) electrons. The largest absolute Gasteiger partial charge is 0.462 e. The van der Waals surface area contributed by atoms with Crippen molar-refractivity contribution in [2.75, 3.05) is 13.2 Å². The van der Waals surface area contributed by atoms with Gasteiger partial charge in [-0.15, -0.1) is 0 Å². The van der Waals surface area contributed by atoms with E-state index in [0.717, 1.165) is 83.5 Å². The van der Waals surface area contributed by atoms with Crippen molar-refractivity contribution in [1.82, 2.24) is 0 Å². The van der Waals surface area contributed by atoms with Crippen molar-refractivity contribution < 1.29 is 28.6 Å². The van der Waals surface area contributed by atoms with Gasteiger partial charge in [0.1, 0.15) is 13.2 Å². The fourth-order valence-corrected chi connectivity index (χ4v) is 8.53. The van der Waals surface area contributed by atoms with Crippen molar-refractivity contribution in [3.63, 3.8) is 0 Å². The third-order valence-corrected chi connectivity index (χ3v) is 13.2. The molecule has 0 aromatic heterocycles. The molecule has 0 bridgehead atoms. The lowest BCUT2D eigenvalue weighted by atomic mass is 10.1. The van der Waals surface area contributed by atoms with Gasteiger partial charge in [0.2, 0.25) is 0 Å². The van der Waals surface area contributed by atoms with Gasteiger partial charge in [-0.25, -0.2) is 0 Å². The van der Waals surface area contributed by atoms with E-state index in [9.17, 15) is 14.4 Å². The fraction of sp³-hybridized carbons (Fsp3) is 0.769. The second-order valence-corrected chi connectivity index (χ2v) is 20.2. The first-order valence-electron chi connectivity index (χ1n) is 30.4. The molecule has 0 aromatic carbocycles. The normalized spacial score (nSPS) is 12.5. The Morgan fingerprint density at radius 3 is 0.845 bits per heavy atom. The summed E-state index contributed by atoms with van der Waals surface area (Å²) in [5.74, 6) is -0.918. The summed E-state index contributed by atoms with van der Waals surface area (Å²) in [4.78, 5) is 38.2. The summed E-state index contributed by atoms with van der Waals surface area (Å²) in [5, 5.41) is 0. The van der Waals surface area contributed by atoms with Gasteiger partial charge in [0.15, 0.2) is 6.10 Å². The van der Waals surface area contributed by atoms with E-state index in [2.05, 4.69) is 93.7 Å². The van der Waals surface area contributed by atoms with Crippen LogP contribution in [0.5, 0.6) is 0 Å². The zero-order valence-corrected chi connectivity index (χ0v) is 47.0. The maximum absolute atomic E-state index is 12.9. The average molecular weight is 992 g/mol. The van der Waals surface area contributed by atoms with Gasteiger partial charge in [0.25, 0.3) is 0 Å². The molecule has 1 atom stereocenters. The molecule has 0 amide bonds. The minimum Gasteiger partial charge on any atom is -0.462 e. The number of hydrogen-bond donors (Lipinski definition) is 0. The van der Waals surface area contributed by atoms with Crippen molar-refractivity contribution in [3.05, 3.63) is 72.9 Å². The van der Waals surface area contributed by atoms with Gasteiger partial charge in [0, 0.05) is 19.3 Å². The monoisotopic (exact) mass is 991 g/mol. The number of esters is 3. The SMILES string of the molecule is CCCCC/C=C\C/C=C\C/C=C\C/C=C\CCCCCC(=O)OC[C@H](COC(=O)CCCCCCCCC/C=C\CCCCCCCC)OC(=O)CCCCCCCCC/C=C\CCCCCCCC. The highest BCUT2D eigenvalue weighted by atomic mass is 16.6. The number of allylic oxidation sites excluding steroid dienone is 12. The van der Waals surface area contributed by atoms with Crippen LogP contribution < -0.4 is 0 Å². The molecule has 71 heavy (non-hydrogen) atoms. The second kappa shape index (κ2) is 59.4. The molecule has 0 rings (SSSR count). The minimum absolute atomic E-state index is 0.0887. The summed E-state index contributed by atoms with van der Waals surface area (Å²) in [7, 11) is 0. The van der Waals surface area contributed by atoms with Crippen LogP contribution >= 0.6 is 0 Å². The fourth-order valence-electron chi connectivity index (χ4n) is 8.53. The quantitative estimate of drug-likeness (QED) is 0.0261. The molecule has 410 valence electrons. The van der Waals surface area contributed by atoms with E-state index in [4.69, 9.17) is 14.2 Å². The second-order valence-electron chi connectivity index (χ2n) is 20.2. The summed E-state index contributed by atoms with van der Waals surface area (Å²) < 4.78 is 16.9. The predicted octanol–water partition coefficient (Wildman–Crippen LogP) is 20.5. The van der Waals surface area contributed by atoms with Crippen LogP contribution in [0.4, 0.5) is 0 Å². The molecule has 0 aliphatic heterocycles. The molecule has 0 saturated heterocycles. The van der Waals surface area contributed by atoms with Gasteiger partial charge in [-0.1, -0.05) is 241 Å². The van der Waals surface area contributed by atoms with E-state index in [-0.39, 0.29) is 31.1 Å². The van der Waals surface area contributed by atoms with Gasteiger partial charge in [-0.3, -0.25) is 14.4 Å². The van der Waals surface area contributed by atoms with E-state index in [1.807, 2.05) is 0 Å². The first kappa shape index (κ1) is 67.8. The summed E-state index contributed by atoms with van der Waals surface area (Å²) in [6.07, 6.45) is 76.0. The Bertz CT molecular complexity index is 1320.